The first-order valence-corrected chi connectivity index (χ1v) is 10.8. The second-order valence-electron chi connectivity index (χ2n) is 8.22. The summed E-state index contributed by atoms with van der Waals surface area (Å²) >= 11 is 0. The molecule has 3 aromatic heterocycles. The van der Waals surface area contributed by atoms with Crippen molar-refractivity contribution in [2.45, 2.75) is 32.2 Å². The molecular weight excluding hydrogens is 384 g/mol. The number of anilines is 2. The molecule has 6 heteroatoms. The molecule has 0 amide bonds. The minimum atomic E-state index is 0.486. The van der Waals surface area contributed by atoms with E-state index in [0.29, 0.717) is 5.92 Å². The molecule has 31 heavy (non-hydrogen) atoms. The predicted octanol–water partition coefficient (Wildman–Crippen LogP) is 4.85. The van der Waals surface area contributed by atoms with Gasteiger partial charge in [-0.15, -0.1) is 0 Å². The smallest absolute Gasteiger partial charge is 0.148 e. The highest BCUT2D eigenvalue weighted by molar-refractivity contribution is 5.78. The summed E-state index contributed by atoms with van der Waals surface area (Å²) in [5.74, 6) is 1.24. The van der Waals surface area contributed by atoms with Crippen LogP contribution in [0.15, 0.2) is 67.3 Å². The maximum Gasteiger partial charge on any atom is 0.148 e. The molecule has 156 valence electrons. The molecule has 0 bridgehead atoms. The molecule has 1 aromatic carbocycles. The van der Waals surface area contributed by atoms with Crippen molar-refractivity contribution in [2.24, 2.45) is 0 Å². The standard InChI is InChI=1S/C25H26N6/c1-18-13-22(30-25-16-26-9-10-28-25)15-24(29-18)20-6-11-31(12-7-20)17-19-4-5-23-21(14-19)3-2-8-27-23/h2-5,8-10,13-16,20H,6-7,11-12,17H2,1H3,(H,28,29,30). The Balaban J connectivity index is 1.23. The summed E-state index contributed by atoms with van der Waals surface area (Å²) in [6.45, 7) is 5.20. The van der Waals surface area contributed by atoms with Gasteiger partial charge in [0, 0.05) is 53.5 Å². The van der Waals surface area contributed by atoms with Gasteiger partial charge in [-0.05, 0) is 68.8 Å². The Morgan fingerprint density at radius 2 is 1.90 bits per heavy atom. The number of fused-ring (bicyclic) bond motifs is 1. The molecular formula is C25H26N6. The van der Waals surface area contributed by atoms with Crippen molar-refractivity contribution >= 4 is 22.4 Å². The SMILES string of the molecule is Cc1cc(Nc2cnccn2)cc(C2CCN(Cc3ccc4ncccc4c3)CC2)n1. The van der Waals surface area contributed by atoms with Gasteiger partial charge in [0.15, 0.2) is 0 Å². The molecule has 6 nitrogen and oxygen atoms in total. The number of nitrogens with zero attached hydrogens (tertiary/aromatic N) is 5. The summed E-state index contributed by atoms with van der Waals surface area (Å²) in [6, 6.07) is 14.9. The highest BCUT2D eigenvalue weighted by Gasteiger charge is 2.22. The third-order valence-electron chi connectivity index (χ3n) is 5.89. The topological polar surface area (TPSA) is 66.8 Å². The van der Waals surface area contributed by atoms with Crippen LogP contribution in [0.5, 0.6) is 0 Å². The van der Waals surface area contributed by atoms with Crippen LogP contribution in [-0.2, 0) is 6.54 Å². The van der Waals surface area contributed by atoms with Crippen molar-refractivity contribution < 1.29 is 0 Å². The van der Waals surface area contributed by atoms with Crippen LogP contribution in [0.1, 0.15) is 35.7 Å². The van der Waals surface area contributed by atoms with Crippen LogP contribution in [0.3, 0.4) is 0 Å². The van der Waals surface area contributed by atoms with Gasteiger partial charge in [0.25, 0.3) is 0 Å². The first-order valence-electron chi connectivity index (χ1n) is 10.8. The molecule has 1 fully saturated rings. The summed E-state index contributed by atoms with van der Waals surface area (Å²) in [5.41, 5.74) is 5.62. The Labute approximate surface area is 182 Å². The Morgan fingerprint density at radius 3 is 2.74 bits per heavy atom. The van der Waals surface area contributed by atoms with Crippen LogP contribution in [0.25, 0.3) is 10.9 Å². The van der Waals surface area contributed by atoms with Crippen molar-refractivity contribution in [3.63, 3.8) is 0 Å². The minimum Gasteiger partial charge on any atom is -0.339 e. The highest BCUT2D eigenvalue weighted by atomic mass is 15.1. The van der Waals surface area contributed by atoms with Crippen molar-refractivity contribution in [3.8, 4) is 0 Å². The van der Waals surface area contributed by atoms with Gasteiger partial charge >= 0.3 is 0 Å². The average Bonchev–Trinajstić information content (AvgIpc) is 2.80. The molecule has 5 rings (SSSR count). The third kappa shape index (κ3) is 4.70. The second-order valence-corrected chi connectivity index (χ2v) is 8.22. The van der Waals surface area contributed by atoms with E-state index in [2.05, 4.69) is 68.5 Å². The summed E-state index contributed by atoms with van der Waals surface area (Å²) in [7, 11) is 0. The molecule has 0 unspecified atom stereocenters. The summed E-state index contributed by atoms with van der Waals surface area (Å²) in [5, 5.41) is 4.56. The van der Waals surface area contributed by atoms with Gasteiger partial charge in [0.2, 0.25) is 0 Å². The van der Waals surface area contributed by atoms with E-state index in [0.717, 1.165) is 55.2 Å². The number of benzene rings is 1. The number of likely N-dealkylation sites (tertiary alicyclic amines) is 1. The van der Waals surface area contributed by atoms with Crippen molar-refractivity contribution in [3.05, 3.63) is 84.2 Å². The maximum absolute atomic E-state index is 4.84. The van der Waals surface area contributed by atoms with E-state index in [1.165, 1.54) is 16.6 Å². The van der Waals surface area contributed by atoms with E-state index in [4.69, 9.17) is 4.98 Å². The first-order chi connectivity index (χ1) is 15.2. The zero-order chi connectivity index (χ0) is 21.0. The second kappa shape index (κ2) is 8.78. The molecule has 0 radical (unpaired) electrons. The van der Waals surface area contributed by atoms with Crippen LogP contribution >= 0.6 is 0 Å². The fraction of sp³-hybridized carbons (Fsp3) is 0.280. The molecule has 4 aromatic rings. The fourth-order valence-corrected chi connectivity index (χ4v) is 4.36. The predicted molar refractivity (Wildman–Crippen MR) is 123 cm³/mol. The normalized spacial score (nSPS) is 15.3. The largest absolute Gasteiger partial charge is 0.339 e. The quantitative estimate of drug-likeness (QED) is 0.507. The molecule has 1 aliphatic rings. The number of pyridine rings is 2. The van der Waals surface area contributed by atoms with E-state index < -0.39 is 0 Å². The molecule has 1 saturated heterocycles. The molecule has 0 aliphatic carbocycles. The Morgan fingerprint density at radius 1 is 1.00 bits per heavy atom. The molecule has 0 saturated carbocycles. The number of rotatable bonds is 5. The summed E-state index contributed by atoms with van der Waals surface area (Å²) in [6.07, 6.45) is 9.19. The van der Waals surface area contributed by atoms with Crippen molar-refractivity contribution in [1.29, 1.82) is 0 Å². The number of nitrogens with one attached hydrogen (secondary N) is 1. The van der Waals surface area contributed by atoms with Gasteiger partial charge in [0.05, 0.1) is 11.7 Å². The lowest BCUT2D eigenvalue weighted by Gasteiger charge is -2.32. The summed E-state index contributed by atoms with van der Waals surface area (Å²) < 4.78 is 0. The molecule has 0 spiro atoms. The van der Waals surface area contributed by atoms with Crippen LogP contribution in [0, 0.1) is 6.92 Å². The average molecular weight is 411 g/mol. The third-order valence-corrected chi connectivity index (χ3v) is 5.89. The van der Waals surface area contributed by atoms with E-state index in [1.807, 2.05) is 12.3 Å². The number of aromatic nitrogens is 4. The van der Waals surface area contributed by atoms with E-state index in [-0.39, 0.29) is 0 Å². The van der Waals surface area contributed by atoms with Gasteiger partial charge in [-0.1, -0.05) is 12.1 Å². The Bertz CT molecular complexity index is 1170. The zero-order valence-electron chi connectivity index (χ0n) is 17.7. The number of hydrogen-bond acceptors (Lipinski definition) is 6. The van der Waals surface area contributed by atoms with Gasteiger partial charge < -0.3 is 5.32 Å². The van der Waals surface area contributed by atoms with E-state index >= 15 is 0 Å². The molecule has 0 atom stereocenters. The monoisotopic (exact) mass is 410 g/mol. The zero-order valence-corrected chi connectivity index (χ0v) is 17.7. The first kappa shape index (κ1) is 19.6. The van der Waals surface area contributed by atoms with Crippen LogP contribution in [0.4, 0.5) is 11.5 Å². The van der Waals surface area contributed by atoms with Gasteiger partial charge in [-0.3, -0.25) is 19.9 Å². The molecule has 1 aliphatic heterocycles. The van der Waals surface area contributed by atoms with Crippen LogP contribution < -0.4 is 5.32 Å². The molecule has 1 N–H and O–H groups in total. The lowest BCUT2D eigenvalue weighted by Crippen LogP contribution is -2.32. The Hall–Kier alpha value is -3.38. The number of hydrogen-bond donors (Lipinski definition) is 1. The lowest BCUT2D eigenvalue weighted by atomic mass is 9.92. The van der Waals surface area contributed by atoms with E-state index in [9.17, 15) is 0 Å². The number of aryl methyl sites for hydroxylation is 1. The minimum absolute atomic E-state index is 0.486. The van der Waals surface area contributed by atoms with Crippen LogP contribution in [-0.4, -0.2) is 37.9 Å². The van der Waals surface area contributed by atoms with Crippen molar-refractivity contribution in [2.75, 3.05) is 18.4 Å². The summed E-state index contributed by atoms with van der Waals surface area (Å²) in [4.78, 5) is 20.2. The Kier molecular flexibility index (Phi) is 5.54. The van der Waals surface area contributed by atoms with Crippen LogP contribution in [0.2, 0.25) is 0 Å². The van der Waals surface area contributed by atoms with E-state index in [1.54, 1.807) is 18.6 Å². The van der Waals surface area contributed by atoms with Crippen molar-refractivity contribution in [1.82, 2.24) is 24.8 Å². The van der Waals surface area contributed by atoms with Gasteiger partial charge in [0.1, 0.15) is 5.82 Å². The number of piperidine rings is 1. The fourth-order valence-electron chi connectivity index (χ4n) is 4.36. The van der Waals surface area contributed by atoms with Gasteiger partial charge in [-0.2, -0.15) is 0 Å². The maximum atomic E-state index is 4.84. The lowest BCUT2D eigenvalue weighted by molar-refractivity contribution is 0.203. The molecule has 4 heterocycles. The highest BCUT2D eigenvalue weighted by Crippen LogP contribution is 2.30. The van der Waals surface area contributed by atoms with Gasteiger partial charge in [-0.25, -0.2) is 4.98 Å².